The van der Waals surface area contributed by atoms with Crippen molar-refractivity contribution in [3.63, 3.8) is 0 Å². The number of hydrogen-bond acceptors (Lipinski definition) is 6. The van der Waals surface area contributed by atoms with Crippen LogP contribution in [0.5, 0.6) is 5.75 Å². The summed E-state index contributed by atoms with van der Waals surface area (Å²) in [4.78, 5) is 7.86. The number of nitrogens with one attached hydrogen (secondary N) is 1. The molecule has 0 aromatic carbocycles. The highest BCUT2D eigenvalue weighted by Crippen LogP contribution is 2.14. The van der Waals surface area contributed by atoms with E-state index in [2.05, 4.69) is 20.2 Å². The number of H-pyrrole nitrogens is 1. The van der Waals surface area contributed by atoms with E-state index in [0.717, 1.165) is 0 Å². The fourth-order valence-electron chi connectivity index (χ4n) is 1.47. The first-order chi connectivity index (χ1) is 9.01. The lowest BCUT2D eigenvalue weighted by Crippen LogP contribution is -2.08. The maximum absolute atomic E-state index is 12.0. The molecule has 0 saturated heterocycles. The first kappa shape index (κ1) is 13.5. The van der Waals surface area contributed by atoms with Crippen LogP contribution in [0.4, 0.5) is 0 Å². The smallest absolute Gasteiger partial charge is 0.267 e. The number of hydrogen-bond donors (Lipinski definition) is 1. The summed E-state index contributed by atoms with van der Waals surface area (Å²) in [5.74, 6) is 0.826. The number of rotatable bonds is 5. The summed E-state index contributed by atoms with van der Waals surface area (Å²) in [7, 11) is -3.57. The van der Waals surface area contributed by atoms with Gasteiger partial charge in [-0.3, -0.25) is 10.1 Å². The molecule has 2 heterocycles. The molecule has 0 unspecified atom stereocenters. The van der Waals surface area contributed by atoms with Gasteiger partial charge in [0.2, 0.25) is 9.84 Å². The largest absolute Gasteiger partial charge is 0.492 e. The molecule has 0 aliphatic rings. The van der Waals surface area contributed by atoms with Gasteiger partial charge in [-0.15, -0.1) is 5.10 Å². The second kappa shape index (κ2) is 5.35. The third-order valence-corrected chi connectivity index (χ3v) is 3.72. The minimum atomic E-state index is -3.57. The maximum atomic E-state index is 12.0. The summed E-state index contributed by atoms with van der Waals surface area (Å²) in [5, 5.41) is 5.95. The molecule has 2 aromatic heterocycles. The minimum absolute atomic E-state index is 0.208. The molecule has 0 radical (unpaired) electrons. The summed E-state index contributed by atoms with van der Waals surface area (Å²) in [6.07, 6.45) is 1.50. The van der Waals surface area contributed by atoms with Crippen molar-refractivity contribution in [3.8, 4) is 5.75 Å². The van der Waals surface area contributed by atoms with Crippen molar-refractivity contribution >= 4 is 9.84 Å². The Hall–Kier alpha value is -1.96. The lowest BCUT2D eigenvalue weighted by atomic mass is 10.4. The van der Waals surface area contributed by atoms with Crippen molar-refractivity contribution in [3.05, 3.63) is 29.8 Å². The molecular formula is C11H14N4O3S. The molecule has 2 aromatic rings. The number of aromatic amines is 1. The quantitative estimate of drug-likeness (QED) is 0.874. The van der Waals surface area contributed by atoms with Gasteiger partial charge in [-0.2, -0.15) is 0 Å². The summed E-state index contributed by atoms with van der Waals surface area (Å²) in [6.45, 7) is 4.04. The molecule has 0 spiro atoms. The van der Waals surface area contributed by atoms with Gasteiger partial charge in [-0.1, -0.05) is 0 Å². The van der Waals surface area contributed by atoms with Crippen LogP contribution in [0.3, 0.4) is 0 Å². The second-order valence-electron chi connectivity index (χ2n) is 3.88. The van der Waals surface area contributed by atoms with E-state index in [1.54, 1.807) is 19.1 Å². The van der Waals surface area contributed by atoms with E-state index >= 15 is 0 Å². The lowest BCUT2D eigenvalue weighted by molar-refractivity contribution is 0.338. The van der Waals surface area contributed by atoms with Crippen LogP contribution in [0.15, 0.2) is 23.5 Å². The summed E-state index contributed by atoms with van der Waals surface area (Å²) in [6, 6.07) is 3.30. The minimum Gasteiger partial charge on any atom is -0.492 e. The van der Waals surface area contributed by atoms with Gasteiger partial charge in [0, 0.05) is 0 Å². The highest BCUT2D eigenvalue weighted by molar-refractivity contribution is 7.90. The first-order valence-corrected chi connectivity index (χ1v) is 7.36. The van der Waals surface area contributed by atoms with Crippen LogP contribution < -0.4 is 4.74 Å². The van der Waals surface area contributed by atoms with Crippen molar-refractivity contribution < 1.29 is 13.2 Å². The zero-order chi connectivity index (χ0) is 13.9. The predicted octanol–water partition coefficient (Wildman–Crippen LogP) is 0.881. The molecule has 0 fully saturated rings. The molecule has 102 valence electrons. The number of sulfone groups is 1. The Kier molecular flexibility index (Phi) is 3.79. The van der Waals surface area contributed by atoms with E-state index < -0.39 is 9.84 Å². The monoisotopic (exact) mass is 282 g/mol. The Morgan fingerprint density at radius 2 is 2.16 bits per heavy atom. The van der Waals surface area contributed by atoms with Gasteiger partial charge in [-0.25, -0.2) is 13.4 Å². The molecule has 0 amide bonds. The van der Waals surface area contributed by atoms with E-state index in [4.69, 9.17) is 4.74 Å². The van der Waals surface area contributed by atoms with Crippen molar-refractivity contribution in [1.82, 2.24) is 20.2 Å². The summed E-state index contributed by atoms with van der Waals surface area (Å²) >= 11 is 0. The molecule has 19 heavy (non-hydrogen) atoms. The van der Waals surface area contributed by atoms with Gasteiger partial charge in [0.15, 0.2) is 0 Å². The molecule has 2 rings (SSSR count). The Bertz CT molecular complexity index is 649. The normalized spacial score (nSPS) is 11.5. The molecule has 0 atom stereocenters. The average molecular weight is 282 g/mol. The highest BCUT2D eigenvalue weighted by atomic mass is 32.2. The van der Waals surface area contributed by atoms with Crippen molar-refractivity contribution in [2.75, 3.05) is 6.61 Å². The zero-order valence-corrected chi connectivity index (χ0v) is 11.4. The average Bonchev–Trinajstić information content (AvgIpc) is 2.79. The van der Waals surface area contributed by atoms with Crippen LogP contribution >= 0.6 is 0 Å². The van der Waals surface area contributed by atoms with Crippen LogP contribution in [0.2, 0.25) is 0 Å². The molecule has 0 saturated carbocycles. The number of nitrogens with zero attached hydrogens (tertiary/aromatic N) is 3. The van der Waals surface area contributed by atoms with Crippen LogP contribution in [0.1, 0.15) is 18.4 Å². The van der Waals surface area contributed by atoms with E-state index in [9.17, 15) is 8.42 Å². The van der Waals surface area contributed by atoms with Gasteiger partial charge < -0.3 is 4.74 Å². The second-order valence-corrected chi connectivity index (χ2v) is 5.76. The van der Waals surface area contributed by atoms with Crippen molar-refractivity contribution in [2.45, 2.75) is 24.8 Å². The number of ether oxygens (including phenoxy) is 1. The van der Waals surface area contributed by atoms with E-state index in [1.165, 1.54) is 6.20 Å². The molecule has 1 N–H and O–H groups in total. The third-order valence-electron chi connectivity index (χ3n) is 2.30. The van der Waals surface area contributed by atoms with Crippen LogP contribution in [0, 0.1) is 6.92 Å². The summed E-state index contributed by atoms with van der Waals surface area (Å²) < 4.78 is 29.3. The van der Waals surface area contributed by atoms with Gasteiger partial charge in [0.05, 0.1) is 18.5 Å². The Labute approximate surface area is 111 Å². The van der Waals surface area contributed by atoms with Crippen LogP contribution in [0.25, 0.3) is 0 Å². The number of aromatic nitrogens is 4. The molecule has 8 heteroatoms. The van der Waals surface area contributed by atoms with Gasteiger partial charge in [0.1, 0.15) is 17.3 Å². The predicted molar refractivity (Wildman–Crippen MR) is 67.4 cm³/mol. The Balaban J connectivity index is 2.16. The summed E-state index contributed by atoms with van der Waals surface area (Å²) in [5.41, 5.74) is 0.422. The SMILES string of the molecule is CCOc1ccc(CS(=O)(=O)c2n[nH]c(C)n2)nc1. The molecule has 0 bridgehead atoms. The van der Waals surface area contributed by atoms with Gasteiger partial charge >= 0.3 is 0 Å². The molecule has 7 nitrogen and oxygen atoms in total. The Morgan fingerprint density at radius 3 is 2.68 bits per heavy atom. The lowest BCUT2D eigenvalue weighted by Gasteiger charge is -2.03. The highest BCUT2D eigenvalue weighted by Gasteiger charge is 2.20. The fraction of sp³-hybridized carbons (Fsp3) is 0.364. The topological polar surface area (TPSA) is 97.8 Å². The van der Waals surface area contributed by atoms with Gasteiger partial charge in [0.25, 0.3) is 5.16 Å². The van der Waals surface area contributed by atoms with E-state index in [-0.39, 0.29) is 10.9 Å². The van der Waals surface area contributed by atoms with Crippen molar-refractivity contribution in [2.24, 2.45) is 0 Å². The van der Waals surface area contributed by atoms with Crippen molar-refractivity contribution in [1.29, 1.82) is 0 Å². The molecular weight excluding hydrogens is 268 g/mol. The van der Waals surface area contributed by atoms with E-state index in [1.807, 2.05) is 6.92 Å². The number of pyridine rings is 1. The van der Waals surface area contributed by atoms with E-state index in [0.29, 0.717) is 23.9 Å². The number of aryl methyl sites for hydroxylation is 1. The van der Waals surface area contributed by atoms with Crippen LogP contribution in [-0.2, 0) is 15.6 Å². The zero-order valence-electron chi connectivity index (χ0n) is 10.6. The molecule has 0 aliphatic heterocycles. The van der Waals surface area contributed by atoms with Gasteiger partial charge in [-0.05, 0) is 26.0 Å². The Morgan fingerprint density at radius 1 is 1.37 bits per heavy atom. The fourth-order valence-corrected chi connectivity index (χ4v) is 2.62. The van der Waals surface area contributed by atoms with Crippen LogP contribution in [-0.4, -0.2) is 35.2 Å². The standard InChI is InChI=1S/C11H14N4O3S/c1-3-18-10-5-4-9(12-6-10)7-19(16,17)11-13-8(2)14-15-11/h4-6H,3,7H2,1-2H3,(H,13,14,15). The first-order valence-electron chi connectivity index (χ1n) is 5.71. The maximum Gasteiger partial charge on any atom is 0.267 e. The molecule has 0 aliphatic carbocycles. The third kappa shape index (κ3) is 3.28.